The van der Waals surface area contributed by atoms with E-state index in [2.05, 4.69) is 30.8 Å². The van der Waals surface area contributed by atoms with Gasteiger partial charge in [-0.1, -0.05) is 41.9 Å². The Kier molecular flexibility index (Phi) is 6.99. The van der Waals surface area contributed by atoms with E-state index in [-0.39, 0.29) is 18.1 Å². The fraction of sp³-hybridized carbons (Fsp3) is 0.273. The summed E-state index contributed by atoms with van der Waals surface area (Å²) >= 11 is 3.40. The first-order valence-electron chi connectivity index (χ1n) is 9.49. The zero-order chi connectivity index (χ0) is 21.7. The number of aromatic nitrogens is 2. The largest absolute Gasteiger partial charge is 0.482 e. The lowest BCUT2D eigenvalue weighted by atomic mass is 10.1. The van der Waals surface area contributed by atoms with Crippen molar-refractivity contribution >= 4 is 39.0 Å². The molecule has 30 heavy (non-hydrogen) atoms. The Morgan fingerprint density at radius 2 is 2.10 bits per heavy atom. The Bertz CT molecular complexity index is 1160. The number of halogens is 1. The molecular weight excluding hydrogens is 450 g/mol. The van der Waals surface area contributed by atoms with Crippen LogP contribution in [0.3, 0.4) is 0 Å². The molecule has 0 unspecified atom stereocenters. The summed E-state index contributed by atoms with van der Waals surface area (Å²) in [5.74, 6) is 0.691. The third-order valence-corrected chi connectivity index (χ3v) is 5.14. The van der Waals surface area contributed by atoms with E-state index in [1.165, 1.54) is 11.8 Å². The van der Waals surface area contributed by atoms with E-state index >= 15 is 0 Å². The lowest BCUT2D eigenvalue weighted by Gasteiger charge is -2.14. The molecule has 156 valence electrons. The highest BCUT2D eigenvalue weighted by Crippen LogP contribution is 2.21. The molecule has 0 aliphatic carbocycles. The number of ether oxygens (including phenoxy) is 2. The van der Waals surface area contributed by atoms with Gasteiger partial charge in [0.2, 0.25) is 0 Å². The van der Waals surface area contributed by atoms with E-state index in [9.17, 15) is 9.59 Å². The van der Waals surface area contributed by atoms with E-state index in [1.54, 1.807) is 30.5 Å². The standard InChI is InChI=1S/C22H22BrN3O4/c1-4-14(2)21-25-19-9-8-16(23)11-18(19)22(28)26(21)24-12-15-6-5-7-17(10-15)30-13-20(27)29-3/h5-12,14H,4,13H2,1-3H3/t14-/m0/s1. The predicted molar refractivity (Wildman–Crippen MR) is 119 cm³/mol. The van der Waals surface area contributed by atoms with Crippen molar-refractivity contribution in [1.82, 2.24) is 9.66 Å². The molecule has 0 fully saturated rings. The van der Waals surface area contributed by atoms with Crippen LogP contribution in [0, 0.1) is 0 Å². The van der Waals surface area contributed by atoms with E-state index < -0.39 is 5.97 Å². The number of rotatable bonds is 7. The lowest BCUT2D eigenvalue weighted by molar-refractivity contribution is -0.142. The molecule has 3 rings (SSSR count). The van der Waals surface area contributed by atoms with Gasteiger partial charge >= 0.3 is 5.97 Å². The number of carbonyl (C=O) groups is 1. The molecule has 7 nitrogen and oxygen atoms in total. The summed E-state index contributed by atoms with van der Waals surface area (Å²) < 4.78 is 12.1. The maximum atomic E-state index is 13.1. The van der Waals surface area contributed by atoms with E-state index in [0.29, 0.717) is 28.0 Å². The van der Waals surface area contributed by atoms with E-state index in [4.69, 9.17) is 4.74 Å². The fourth-order valence-electron chi connectivity index (χ4n) is 2.79. The number of nitrogens with zero attached hydrogens (tertiary/aromatic N) is 3. The highest BCUT2D eigenvalue weighted by atomic mass is 79.9. The third kappa shape index (κ3) is 4.94. The number of benzene rings is 2. The van der Waals surface area contributed by atoms with Gasteiger partial charge in [-0.3, -0.25) is 4.79 Å². The van der Waals surface area contributed by atoms with Gasteiger partial charge in [-0.05, 0) is 42.3 Å². The van der Waals surface area contributed by atoms with Gasteiger partial charge in [0.1, 0.15) is 11.6 Å². The first-order chi connectivity index (χ1) is 14.4. The minimum Gasteiger partial charge on any atom is -0.482 e. The van der Waals surface area contributed by atoms with Gasteiger partial charge < -0.3 is 9.47 Å². The van der Waals surface area contributed by atoms with E-state index in [0.717, 1.165) is 10.9 Å². The lowest BCUT2D eigenvalue weighted by Crippen LogP contribution is -2.23. The van der Waals surface area contributed by atoms with Crippen LogP contribution in [-0.4, -0.2) is 35.6 Å². The van der Waals surface area contributed by atoms with Crippen LogP contribution in [0.1, 0.15) is 37.6 Å². The van der Waals surface area contributed by atoms with E-state index in [1.807, 2.05) is 32.0 Å². The van der Waals surface area contributed by atoms with Crippen LogP contribution in [0.5, 0.6) is 5.75 Å². The third-order valence-electron chi connectivity index (χ3n) is 4.65. The predicted octanol–water partition coefficient (Wildman–Crippen LogP) is 4.11. The Balaban J connectivity index is 2.00. The summed E-state index contributed by atoms with van der Waals surface area (Å²) in [4.78, 5) is 29.1. The highest BCUT2D eigenvalue weighted by Gasteiger charge is 2.15. The number of esters is 1. The van der Waals surface area contributed by atoms with Crippen LogP contribution in [0.4, 0.5) is 0 Å². The molecule has 0 aliphatic heterocycles. The Hall–Kier alpha value is -3.00. The van der Waals surface area contributed by atoms with Gasteiger partial charge in [-0.15, -0.1) is 0 Å². The van der Waals surface area contributed by atoms with Gasteiger partial charge in [0.25, 0.3) is 5.56 Å². The normalized spacial score (nSPS) is 12.3. The van der Waals surface area contributed by atoms with Crippen molar-refractivity contribution in [3.05, 3.63) is 68.7 Å². The second kappa shape index (κ2) is 9.67. The molecule has 3 aromatic rings. The zero-order valence-electron chi connectivity index (χ0n) is 17.0. The fourth-order valence-corrected chi connectivity index (χ4v) is 3.15. The summed E-state index contributed by atoms with van der Waals surface area (Å²) in [6, 6.07) is 12.5. The van der Waals surface area contributed by atoms with Gasteiger partial charge in [-0.2, -0.15) is 9.78 Å². The Morgan fingerprint density at radius 1 is 1.30 bits per heavy atom. The molecule has 1 atom stereocenters. The van der Waals surface area contributed by atoms with Crippen molar-refractivity contribution in [1.29, 1.82) is 0 Å². The molecular formula is C22H22BrN3O4. The van der Waals surface area contributed by atoms with Crippen LogP contribution in [0.25, 0.3) is 10.9 Å². The first kappa shape index (κ1) is 21.7. The summed E-state index contributed by atoms with van der Waals surface area (Å²) in [5, 5.41) is 4.92. The summed E-state index contributed by atoms with van der Waals surface area (Å²) in [6.45, 7) is 3.87. The summed E-state index contributed by atoms with van der Waals surface area (Å²) in [5.41, 5.74) is 1.13. The van der Waals surface area contributed by atoms with Gasteiger partial charge in [0.05, 0.1) is 24.2 Å². The monoisotopic (exact) mass is 471 g/mol. The zero-order valence-corrected chi connectivity index (χ0v) is 18.5. The molecule has 0 N–H and O–H groups in total. The maximum Gasteiger partial charge on any atom is 0.343 e. The number of hydrogen-bond acceptors (Lipinski definition) is 6. The van der Waals surface area contributed by atoms with Crippen molar-refractivity contribution in [2.45, 2.75) is 26.2 Å². The van der Waals surface area contributed by atoms with Crippen LogP contribution in [0.2, 0.25) is 0 Å². The molecule has 0 bridgehead atoms. The maximum absolute atomic E-state index is 13.1. The molecule has 0 amide bonds. The van der Waals surface area contributed by atoms with Gasteiger partial charge in [0.15, 0.2) is 6.61 Å². The molecule has 8 heteroatoms. The minimum atomic E-state index is -0.466. The second-order valence-corrected chi connectivity index (χ2v) is 7.66. The van der Waals surface area contributed by atoms with Crippen LogP contribution >= 0.6 is 15.9 Å². The van der Waals surface area contributed by atoms with Crippen LogP contribution < -0.4 is 10.3 Å². The van der Waals surface area contributed by atoms with Crippen molar-refractivity contribution < 1.29 is 14.3 Å². The first-order valence-corrected chi connectivity index (χ1v) is 10.3. The minimum absolute atomic E-state index is 0.0534. The van der Waals surface area contributed by atoms with Crippen molar-refractivity contribution in [3.63, 3.8) is 0 Å². The molecule has 0 saturated heterocycles. The molecule has 2 aromatic carbocycles. The topological polar surface area (TPSA) is 82.8 Å². The van der Waals surface area contributed by atoms with Crippen LogP contribution in [-0.2, 0) is 9.53 Å². The number of hydrogen-bond donors (Lipinski definition) is 0. The SMILES string of the molecule is CC[C@H](C)c1nc2ccc(Br)cc2c(=O)n1N=Cc1cccc(OCC(=O)OC)c1. The number of carbonyl (C=O) groups excluding carboxylic acids is 1. The molecule has 0 aliphatic rings. The van der Waals surface area contributed by atoms with Crippen molar-refractivity contribution in [2.75, 3.05) is 13.7 Å². The van der Waals surface area contributed by atoms with Crippen LogP contribution in [0.15, 0.2) is 56.8 Å². The molecule has 0 spiro atoms. The summed E-state index contributed by atoms with van der Waals surface area (Å²) in [7, 11) is 1.30. The molecule has 0 saturated carbocycles. The average Bonchev–Trinajstić information content (AvgIpc) is 2.76. The molecule has 1 aromatic heterocycles. The van der Waals surface area contributed by atoms with Gasteiger partial charge in [0, 0.05) is 10.4 Å². The molecule has 1 heterocycles. The quantitative estimate of drug-likeness (QED) is 0.382. The Labute approximate surface area is 182 Å². The molecule has 0 radical (unpaired) electrons. The highest BCUT2D eigenvalue weighted by molar-refractivity contribution is 9.10. The van der Waals surface area contributed by atoms with Crippen molar-refractivity contribution in [2.24, 2.45) is 5.10 Å². The second-order valence-electron chi connectivity index (χ2n) is 6.74. The smallest absolute Gasteiger partial charge is 0.343 e. The Morgan fingerprint density at radius 3 is 2.83 bits per heavy atom. The summed E-state index contributed by atoms with van der Waals surface area (Å²) in [6.07, 6.45) is 2.39. The average molecular weight is 472 g/mol. The number of fused-ring (bicyclic) bond motifs is 1. The number of methoxy groups -OCH3 is 1. The van der Waals surface area contributed by atoms with Crippen molar-refractivity contribution in [3.8, 4) is 5.75 Å². The van der Waals surface area contributed by atoms with Gasteiger partial charge in [-0.25, -0.2) is 9.78 Å².